The zero-order chi connectivity index (χ0) is 15.7. The molecule has 1 atom stereocenters. The second kappa shape index (κ2) is 5.89. The molecule has 3 nitrogen and oxygen atoms in total. The van der Waals surface area contributed by atoms with Crippen LogP contribution in [0.2, 0.25) is 0 Å². The van der Waals surface area contributed by atoms with Gasteiger partial charge in [-0.15, -0.1) is 0 Å². The van der Waals surface area contributed by atoms with Crippen LogP contribution in [-0.4, -0.2) is 35.7 Å². The van der Waals surface area contributed by atoms with E-state index in [0.29, 0.717) is 11.3 Å². The van der Waals surface area contributed by atoms with Gasteiger partial charge < -0.3 is 10.0 Å². The number of aliphatic hydroxyl groups is 1. The SMILES string of the molecule is CN1CCCC(O)(C2(C#N)CCC(C(C)(C)C)CC2)CC1. The fraction of sp³-hybridized carbons (Fsp3) is 0.944. The van der Waals surface area contributed by atoms with E-state index in [-0.39, 0.29) is 0 Å². The van der Waals surface area contributed by atoms with E-state index in [1.807, 2.05) is 0 Å². The molecule has 0 aromatic carbocycles. The van der Waals surface area contributed by atoms with Gasteiger partial charge in [0.1, 0.15) is 0 Å². The highest BCUT2D eigenvalue weighted by molar-refractivity contribution is 5.14. The molecular formula is C18H32N2O. The molecule has 0 bridgehead atoms. The lowest BCUT2D eigenvalue weighted by molar-refractivity contribution is -0.0929. The molecule has 0 radical (unpaired) electrons. The van der Waals surface area contributed by atoms with Gasteiger partial charge in [-0.3, -0.25) is 0 Å². The third kappa shape index (κ3) is 3.27. The molecule has 2 fully saturated rings. The maximum atomic E-state index is 11.3. The predicted molar refractivity (Wildman–Crippen MR) is 85.8 cm³/mol. The minimum atomic E-state index is -0.782. The molecule has 21 heavy (non-hydrogen) atoms. The largest absolute Gasteiger partial charge is 0.388 e. The van der Waals surface area contributed by atoms with Crippen molar-refractivity contribution in [2.45, 2.75) is 71.3 Å². The summed E-state index contributed by atoms with van der Waals surface area (Å²) in [5, 5.41) is 21.2. The Kier molecular flexibility index (Phi) is 4.71. The smallest absolute Gasteiger partial charge is 0.0861 e. The van der Waals surface area contributed by atoms with Crippen LogP contribution in [0.1, 0.15) is 65.7 Å². The van der Waals surface area contributed by atoms with E-state index in [9.17, 15) is 10.4 Å². The average Bonchev–Trinajstić information content (AvgIpc) is 2.61. The van der Waals surface area contributed by atoms with E-state index in [0.717, 1.165) is 58.0 Å². The fourth-order valence-corrected chi connectivity index (χ4v) is 4.39. The molecule has 0 spiro atoms. The van der Waals surface area contributed by atoms with Gasteiger partial charge in [0.25, 0.3) is 0 Å². The molecule has 1 saturated heterocycles. The van der Waals surface area contributed by atoms with Gasteiger partial charge in [0.05, 0.1) is 17.1 Å². The molecule has 0 aromatic heterocycles. The minimum absolute atomic E-state index is 0.313. The highest BCUT2D eigenvalue weighted by Gasteiger charge is 2.53. The highest BCUT2D eigenvalue weighted by atomic mass is 16.3. The Morgan fingerprint density at radius 2 is 1.71 bits per heavy atom. The van der Waals surface area contributed by atoms with Crippen LogP contribution in [0.5, 0.6) is 0 Å². The number of nitriles is 1. The summed E-state index contributed by atoms with van der Waals surface area (Å²) in [6.07, 6.45) is 6.42. The first kappa shape index (κ1) is 16.8. The zero-order valence-corrected chi connectivity index (χ0v) is 14.3. The second-order valence-electron chi connectivity index (χ2n) is 8.52. The zero-order valence-electron chi connectivity index (χ0n) is 14.3. The summed E-state index contributed by atoms with van der Waals surface area (Å²) in [5.74, 6) is 0.677. The Morgan fingerprint density at radius 3 is 2.24 bits per heavy atom. The Balaban J connectivity index is 2.14. The molecule has 3 heteroatoms. The first-order chi connectivity index (χ1) is 9.72. The highest BCUT2D eigenvalue weighted by Crippen LogP contribution is 2.52. The van der Waals surface area contributed by atoms with Crippen molar-refractivity contribution in [3.05, 3.63) is 0 Å². The maximum absolute atomic E-state index is 11.3. The van der Waals surface area contributed by atoms with Crippen LogP contribution in [0.3, 0.4) is 0 Å². The van der Waals surface area contributed by atoms with E-state index in [4.69, 9.17) is 0 Å². The van der Waals surface area contributed by atoms with Crippen molar-refractivity contribution in [1.29, 1.82) is 5.26 Å². The Bertz CT molecular complexity index is 398. The molecule has 0 aromatic rings. The summed E-state index contributed by atoms with van der Waals surface area (Å²) in [5.41, 5.74) is -0.983. The molecule has 2 rings (SSSR count). The molecule has 1 aliphatic carbocycles. The molecule has 1 unspecified atom stereocenters. The predicted octanol–water partition coefficient (Wildman–Crippen LogP) is 3.58. The fourth-order valence-electron chi connectivity index (χ4n) is 4.39. The third-order valence-corrected chi connectivity index (χ3v) is 6.21. The van der Waals surface area contributed by atoms with Crippen LogP contribution in [0.25, 0.3) is 0 Å². The second-order valence-corrected chi connectivity index (χ2v) is 8.52. The quantitative estimate of drug-likeness (QED) is 0.803. The first-order valence-electron chi connectivity index (χ1n) is 8.55. The van der Waals surface area contributed by atoms with E-state index < -0.39 is 11.0 Å². The third-order valence-electron chi connectivity index (χ3n) is 6.21. The van der Waals surface area contributed by atoms with E-state index in [1.165, 1.54) is 0 Å². The maximum Gasteiger partial charge on any atom is 0.0861 e. The van der Waals surface area contributed by atoms with Gasteiger partial charge in [0, 0.05) is 6.54 Å². The summed E-state index contributed by atoms with van der Waals surface area (Å²) < 4.78 is 0. The topological polar surface area (TPSA) is 47.3 Å². The van der Waals surface area contributed by atoms with Crippen LogP contribution >= 0.6 is 0 Å². The summed E-state index contributed by atoms with van der Waals surface area (Å²) in [4.78, 5) is 2.28. The van der Waals surface area contributed by atoms with E-state index >= 15 is 0 Å². The minimum Gasteiger partial charge on any atom is -0.388 e. The summed E-state index contributed by atoms with van der Waals surface area (Å²) in [6, 6.07) is 2.57. The van der Waals surface area contributed by atoms with Crippen LogP contribution in [-0.2, 0) is 0 Å². The van der Waals surface area contributed by atoms with Crippen molar-refractivity contribution in [3.63, 3.8) is 0 Å². The number of hydrogen-bond acceptors (Lipinski definition) is 3. The van der Waals surface area contributed by atoms with Gasteiger partial charge in [-0.1, -0.05) is 20.8 Å². The van der Waals surface area contributed by atoms with Gasteiger partial charge in [-0.2, -0.15) is 5.26 Å². The van der Waals surface area contributed by atoms with Crippen molar-refractivity contribution < 1.29 is 5.11 Å². The molecule has 1 aliphatic heterocycles. The molecule has 120 valence electrons. The lowest BCUT2D eigenvalue weighted by atomic mass is 9.57. The summed E-state index contributed by atoms with van der Waals surface area (Å²) >= 11 is 0. The Labute approximate surface area is 130 Å². The number of likely N-dealkylation sites (tertiary alicyclic amines) is 1. The van der Waals surface area contributed by atoms with Gasteiger partial charge in [0.2, 0.25) is 0 Å². The van der Waals surface area contributed by atoms with E-state index in [2.05, 4.69) is 38.8 Å². The van der Waals surface area contributed by atoms with Crippen molar-refractivity contribution >= 4 is 0 Å². The van der Waals surface area contributed by atoms with Crippen LogP contribution < -0.4 is 0 Å². The normalized spacial score (nSPS) is 39.5. The number of rotatable bonds is 1. The number of hydrogen-bond donors (Lipinski definition) is 1. The van der Waals surface area contributed by atoms with Crippen molar-refractivity contribution in [1.82, 2.24) is 4.90 Å². The van der Waals surface area contributed by atoms with Crippen molar-refractivity contribution in [2.75, 3.05) is 20.1 Å². The lowest BCUT2D eigenvalue weighted by Gasteiger charge is -2.48. The summed E-state index contributed by atoms with van der Waals surface area (Å²) in [7, 11) is 2.11. The van der Waals surface area contributed by atoms with Crippen LogP contribution in [0.15, 0.2) is 0 Å². The summed E-state index contributed by atoms with van der Waals surface area (Å²) in [6.45, 7) is 8.84. The molecule has 2 aliphatic rings. The first-order valence-corrected chi connectivity index (χ1v) is 8.55. The number of nitrogens with zero attached hydrogens (tertiary/aromatic N) is 2. The lowest BCUT2D eigenvalue weighted by Crippen LogP contribution is -2.50. The standard InChI is InChI=1S/C18H32N2O/c1-16(2,3)15-6-9-17(14-19,10-7-15)18(21)8-5-12-20(4)13-11-18/h15,21H,5-13H2,1-4H3. The monoisotopic (exact) mass is 292 g/mol. The molecule has 1 saturated carbocycles. The molecule has 1 heterocycles. The van der Waals surface area contributed by atoms with Gasteiger partial charge in [0.15, 0.2) is 0 Å². The van der Waals surface area contributed by atoms with Crippen molar-refractivity contribution in [2.24, 2.45) is 16.7 Å². The molecule has 0 amide bonds. The Morgan fingerprint density at radius 1 is 1.10 bits per heavy atom. The molecular weight excluding hydrogens is 260 g/mol. The van der Waals surface area contributed by atoms with E-state index in [1.54, 1.807) is 0 Å². The van der Waals surface area contributed by atoms with Crippen LogP contribution in [0.4, 0.5) is 0 Å². The average molecular weight is 292 g/mol. The van der Waals surface area contributed by atoms with Gasteiger partial charge in [-0.05, 0) is 69.9 Å². The molecule has 1 N–H and O–H groups in total. The van der Waals surface area contributed by atoms with Crippen LogP contribution in [0, 0.1) is 28.1 Å². The van der Waals surface area contributed by atoms with Gasteiger partial charge in [-0.25, -0.2) is 0 Å². The van der Waals surface area contributed by atoms with Crippen molar-refractivity contribution in [3.8, 4) is 6.07 Å². The van der Waals surface area contributed by atoms with Gasteiger partial charge >= 0.3 is 0 Å². The Hall–Kier alpha value is -0.590.